The molecule has 0 spiro atoms. The van der Waals surface area contributed by atoms with Gasteiger partial charge in [-0.05, 0) is 38.0 Å². The summed E-state index contributed by atoms with van der Waals surface area (Å²) in [4.78, 5) is 10.9. The summed E-state index contributed by atoms with van der Waals surface area (Å²) in [6.07, 6.45) is 3.35. The molecule has 0 aliphatic heterocycles. The fraction of sp³-hybridized carbons (Fsp3) is 0.917. The molecule has 112 valence electrons. The van der Waals surface area contributed by atoms with Crippen molar-refractivity contribution >= 4 is 16.0 Å². The molecule has 0 heterocycles. The molecule has 0 bridgehead atoms. The van der Waals surface area contributed by atoms with Crippen LogP contribution < -0.4 is 4.72 Å². The van der Waals surface area contributed by atoms with E-state index in [4.69, 9.17) is 0 Å². The van der Waals surface area contributed by atoms with Crippen LogP contribution in [0.1, 0.15) is 38.5 Å². The quantitative estimate of drug-likeness (QED) is 0.663. The Hall–Kier alpha value is -0.660. The lowest BCUT2D eigenvalue weighted by atomic mass is 9.88. The minimum Gasteiger partial charge on any atom is -0.469 e. The molecule has 1 rings (SSSR count). The fourth-order valence-electron chi connectivity index (χ4n) is 2.17. The lowest BCUT2D eigenvalue weighted by Gasteiger charge is -2.25. The van der Waals surface area contributed by atoms with Crippen molar-refractivity contribution in [1.29, 1.82) is 0 Å². The van der Waals surface area contributed by atoms with Crippen LogP contribution in [-0.4, -0.2) is 45.0 Å². The van der Waals surface area contributed by atoms with Gasteiger partial charge in [-0.25, -0.2) is 13.1 Å². The Kier molecular flexibility index (Phi) is 6.74. The first-order valence-corrected chi connectivity index (χ1v) is 8.30. The van der Waals surface area contributed by atoms with Crippen molar-refractivity contribution < 1.29 is 23.1 Å². The Bertz CT molecular complexity index is 374. The lowest BCUT2D eigenvalue weighted by Crippen LogP contribution is -2.33. The van der Waals surface area contributed by atoms with Crippen LogP contribution in [0, 0.1) is 5.92 Å². The van der Waals surface area contributed by atoms with E-state index in [2.05, 4.69) is 9.46 Å². The van der Waals surface area contributed by atoms with Gasteiger partial charge in [0.25, 0.3) is 0 Å². The van der Waals surface area contributed by atoms with Crippen LogP contribution in [0.15, 0.2) is 0 Å². The molecule has 0 amide bonds. The van der Waals surface area contributed by atoms with Crippen molar-refractivity contribution in [2.75, 3.05) is 19.4 Å². The van der Waals surface area contributed by atoms with Crippen LogP contribution in [0.25, 0.3) is 0 Å². The first-order chi connectivity index (χ1) is 8.93. The standard InChI is InChI=1S/C12H23NO5S/c1-18-12(15)3-2-8-19(16,17)13-9-10-4-6-11(14)7-5-10/h10-11,13-14H,2-9H2,1H3. The monoisotopic (exact) mass is 293 g/mol. The van der Waals surface area contributed by atoms with Gasteiger partial charge in [-0.1, -0.05) is 0 Å². The van der Waals surface area contributed by atoms with Gasteiger partial charge >= 0.3 is 5.97 Å². The summed E-state index contributed by atoms with van der Waals surface area (Å²) in [6.45, 7) is 0.424. The second-order valence-electron chi connectivity index (χ2n) is 5.02. The molecule has 1 aliphatic carbocycles. The second kappa shape index (κ2) is 7.81. The third kappa shape index (κ3) is 6.89. The molecule has 0 aromatic rings. The summed E-state index contributed by atoms with van der Waals surface area (Å²) < 4.78 is 30.4. The van der Waals surface area contributed by atoms with Crippen LogP contribution in [0.4, 0.5) is 0 Å². The largest absolute Gasteiger partial charge is 0.469 e. The van der Waals surface area contributed by atoms with Crippen molar-refractivity contribution in [3.63, 3.8) is 0 Å². The molecule has 1 aliphatic rings. The number of esters is 1. The van der Waals surface area contributed by atoms with Gasteiger partial charge in [-0.15, -0.1) is 0 Å². The van der Waals surface area contributed by atoms with Crippen molar-refractivity contribution in [1.82, 2.24) is 4.72 Å². The van der Waals surface area contributed by atoms with E-state index in [-0.39, 0.29) is 24.7 Å². The molecule has 6 nitrogen and oxygen atoms in total. The smallest absolute Gasteiger partial charge is 0.305 e. The van der Waals surface area contributed by atoms with Crippen molar-refractivity contribution in [2.45, 2.75) is 44.6 Å². The average Bonchev–Trinajstić information content (AvgIpc) is 2.38. The molecular formula is C12H23NO5S. The molecule has 19 heavy (non-hydrogen) atoms. The number of carbonyl (C=O) groups excluding carboxylic acids is 1. The normalized spacial score (nSPS) is 24.1. The molecule has 0 aromatic heterocycles. The number of carbonyl (C=O) groups is 1. The van der Waals surface area contributed by atoms with E-state index in [1.165, 1.54) is 7.11 Å². The molecular weight excluding hydrogens is 270 g/mol. The first kappa shape index (κ1) is 16.4. The van der Waals surface area contributed by atoms with Gasteiger partial charge in [0.1, 0.15) is 0 Å². The van der Waals surface area contributed by atoms with Gasteiger partial charge in [0.05, 0.1) is 19.0 Å². The number of hydrogen-bond donors (Lipinski definition) is 2. The van der Waals surface area contributed by atoms with E-state index in [0.29, 0.717) is 12.5 Å². The van der Waals surface area contributed by atoms with Gasteiger partial charge in [-0.2, -0.15) is 0 Å². The molecule has 1 saturated carbocycles. The highest BCUT2D eigenvalue weighted by atomic mass is 32.2. The molecule has 0 saturated heterocycles. The fourth-order valence-corrected chi connectivity index (χ4v) is 3.33. The van der Waals surface area contributed by atoms with Crippen molar-refractivity contribution in [3.8, 4) is 0 Å². The van der Waals surface area contributed by atoms with Crippen molar-refractivity contribution in [3.05, 3.63) is 0 Å². The van der Waals surface area contributed by atoms with Gasteiger partial charge in [0.15, 0.2) is 0 Å². The van der Waals surface area contributed by atoms with E-state index in [1.807, 2.05) is 0 Å². The minimum absolute atomic E-state index is 0.0581. The van der Waals surface area contributed by atoms with Gasteiger partial charge < -0.3 is 9.84 Å². The van der Waals surface area contributed by atoms with Crippen LogP contribution in [-0.2, 0) is 19.6 Å². The van der Waals surface area contributed by atoms with E-state index in [1.54, 1.807) is 0 Å². The number of aliphatic hydroxyl groups is 1. The summed E-state index contributed by atoms with van der Waals surface area (Å²) in [5, 5.41) is 9.36. The number of aliphatic hydroxyl groups excluding tert-OH is 1. The highest BCUT2D eigenvalue weighted by molar-refractivity contribution is 7.89. The van der Waals surface area contributed by atoms with Crippen LogP contribution in [0.5, 0.6) is 0 Å². The third-order valence-corrected chi connectivity index (χ3v) is 4.86. The summed E-state index contributed by atoms with van der Waals surface area (Å²) in [6, 6.07) is 0. The van der Waals surface area contributed by atoms with E-state index < -0.39 is 16.0 Å². The predicted octanol–water partition coefficient (Wildman–Crippen LogP) is 0.410. The minimum atomic E-state index is -3.32. The van der Waals surface area contributed by atoms with Crippen LogP contribution >= 0.6 is 0 Å². The second-order valence-corrected chi connectivity index (χ2v) is 6.95. The molecule has 1 fully saturated rings. The van der Waals surface area contributed by atoms with E-state index in [9.17, 15) is 18.3 Å². The summed E-state index contributed by atoms with van der Waals surface area (Å²) in [7, 11) is -2.03. The van der Waals surface area contributed by atoms with Gasteiger partial charge in [0.2, 0.25) is 10.0 Å². The van der Waals surface area contributed by atoms with Crippen LogP contribution in [0.2, 0.25) is 0 Å². The lowest BCUT2D eigenvalue weighted by molar-refractivity contribution is -0.140. The molecule has 0 unspecified atom stereocenters. The molecule has 0 atom stereocenters. The number of hydrogen-bond acceptors (Lipinski definition) is 5. The predicted molar refractivity (Wildman–Crippen MR) is 71.0 cm³/mol. The van der Waals surface area contributed by atoms with Crippen LogP contribution in [0.3, 0.4) is 0 Å². The number of ether oxygens (including phenoxy) is 1. The highest BCUT2D eigenvalue weighted by Crippen LogP contribution is 2.23. The third-order valence-electron chi connectivity index (χ3n) is 3.43. The number of nitrogens with one attached hydrogen (secondary N) is 1. The Morgan fingerprint density at radius 3 is 2.53 bits per heavy atom. The van der Waals surface area contributed by atoms with Gasteiger partial charge in [-0.3, -0.25) is 4.79 Å². The maximum atomic E-state index is 11.7. The Morgan fingerprint density at radius 1 is 1.32 bits per heavy atom. The number of sulfonamides is 1. The SMILES string of the molecule is COC(=O)CCCS(=O)(=O)NCC1CCC(O)CC1. The Balaban J connectivity index is 2.21. The maximum absolute atomic E-state index is 11.7. The van der Waals surface area contributed by atoms with E-state index >= 15 is 0 Å². The molecule has 7 heteroatoms. The molecule has 0 radical (unpaired) electrons. The zero-order valence-corrected chi connectivity index (χ0v) is 12.1. The topological polar surface area (TPSA) is 92.7 Å². The summed E-state index contributed by atoms with van der Waals surface area (Å²) in [5.41, 5.74) is 0. The zero-order chi connectivity index (χ0) is 14.3. The highest BCUT2D eigenvalue weighted by Gasteiger charge is 2.21. The number of rotatable bonds is 7. The van der Waals surface area contributed by atoms with Gasteiger partial charge in [0, 0.05) is 13.0 Å². The Labute approximate surface area is 114 Å². The zero-order valence-electron chi connectivity index (χ0n) is 11.3. The summed E-state index contributed by atoms with van der Waals surface area (Å²) >= 11 is 0. The molecule has 2 N–H and O–H groups in total. The maximum Gasteiger partial charge on any atom is 0.305 e. The summed E-state index contributed by atoms with van der Waals surface area (Å²) in [5.74, 6) is -0.146. The first-order valence-electron chi connectivity index (χ1n) is 6.65. The number of methoxy groups -OCH3 is 1. The van der Waals surface area contributed by atoms with E-state index in [0.717, 1.165) is 25.7 Å². The molecule has 0 aromatic carbocycles. The Morgan fingerprint density at radius 2 is 1.95 bits per heavy atom. The average molecular weight is 293 g/mol. The van der Waals surface area contributed by atoms with Crippen molar-refractivity contribution in [2.24, 2.45) is 5.92 Å².